The van der Waals surface area contributed by atoms with Crippen LogP contribution in [0.1, 0.15) is 22.8 Å². The Morgan fingerprint density at radius 3 is 2.42 bits per heavy atom. The monoisotopic (exact) mass is 252 g/mol. The van der Waals surface area contributed by atoms with Crippen molar-refractivity contribution in [2.24, 2.45) is 5.73 Å². The maximum atomic E-state index is 8.76. The van der Waals surface area contributed by atoms with E-state index in [4.69, 9.17) is 15.7 Å². The molecule has 1 unspecified atom stereocenters. The summed E-state index contributed by atoms with van der Waals surface area (Å²) in [7, 11) is 0. The SMILES string of the molecule is Cc1ccccc1C(CN)Oc1ccc(C#N)cc1. The van der Waals surface area contributed by atoms with E-state index in [1.165, 1.54) is 0 Å². The number of aryl methyl sites for hydroxylation is 1. The first-order valence-electron chi connectivity index (χ1n) is 6.17. The number of nitriles is 1. The molecule has 0 bridgehead atoms. The number of hydrogen-bond acceptors (Lipinski definition) is 3. The molecule has 0 radical (unpaired) electrons. The molecule has 2 N–H and O–H groups in total. The second-order valence-corrected chi connectivity index (χ2v) is 4.33. The van der Waals surface area contributed by atoms with Crippen LogP contribution in [0.25, 0.3) is 0 Å². The van der Waals surface area contributed by atoms with E-state index in [0.29, 0.717) is 12.1 Å². The standard InChI is InChI=1S/C16H16N2O/c1-12-4-2-3-5-15(12)16(11-18)19-14-8-6-13(10-17)7-9-14/h2-9,16H,11,18H2,1H3. The van der Waals surface area contributed by atoms with E-state index in [9.17, 15) is 0 Å². The Morgan fingerprint density at radius 1 is 1.16 bits per heavy atom. The summed E-state index contributed by atoms with van der Waals surface area (Å²) in [6.07, 6.45) is -0.172. The fourth-order valence-electron chi connectivity index (χ4n) is 1.96. The van der Waals surface area contributed by atoms with Gasteiger partial charge in [-0.1, -0.05) is 24.3 Å². The van der Waals surface area contributed by atoms with Crippen LogP contribution in [0.3, 0.4) is 0 Å². The van der Waals surface area contributed by atoms with Crippen LogP contribution in [0, 0.1) is 18.3 Å². The Hall–Kier alpha value is -2.31. The maximum absolute atomic E-state index is 8.76. The Balaban J connectivity index is 2.19. The molecule has 0 aromatic heterocycles. The van der Waals surface area contributed by atoms with Gasteiger partial charge in [-0.3, -0.25) is 0 Å². The highest BCUT2D eigenvalue weighted by Crippen LogP contribution is 2.23. The lowest BCUT2D eigenvalue weighted by atomic mass is 10.0. The number of ether oxygens (including phenoxy) is 1. The molecule has 0 fully saturated rings. The highest BCUT2D eigenvalue weighted by atomic mass is 16.5. The van der Waals surface area contributed by atoms with Crippen molar-refractivity contribution in [3.8, 4) is 11.8 Å². The average Bonchev–Trinajstić information content (AvgIpc) is 2.46. The fraction of sp³-hybridized carbons (Fsp3) is 0.188. The first-order chi connectivity index (χ1) is 9.24. The Bertz CT molecular complexity index is 584. The van der Waals surface area contributed by atoms with Crippen molar-refractivity contribution < 1.29 is 4.74 Å². The number of nitrogens with zero attached hydrogens (tertiary/aromatic N) is 1. The van der Waals surface area contributed by atoms with Gasteiger partial charge < -0.3 is 10.5 Å². The van der Waals surface area contributed by atoms with Crippen molar-refractivity contribution in [1.29, 1.82) is 5.26 Å². The largest absolute Gasteiger partial charge is 0.484 e. The minimum atomic E-state index is -0.172. The highest BCUT2D eigenvalue weighted by Gasteiger charge is 2.13. The normalized spacial score (nSPS) is 11.6. The van der Waals surface area contributed by atoms with Crippen LogP contribution in [0.5, 0.6) is 5.75 Å². The van der Waals surface area contributed by atoms with E-state index in [1.54, 1.807) is 24.3 Å². The summed E-state index contributed by atoms with van der Waals surface area (Å²) < 4.78 is 5.90. The van der Waals surface area contributed by atoms with Gasteiger partial charge in [0, 0.05) is 6.54 Å². The minimum absolute atomic E-state index is 0.172. The fourth-order valence-corrected chi connectivity index (χ4v) is 1.96. The van der Waals surface area contributed by atoms with Crippen molar-refractivity contribution in [2.45, 2.75) is 13.0 Å². The topological polar surface area (TPSA) is 59.0 Å². The van der Waals surface area contributed by atoms with Crippen molar-refractivity contribution in [2.75, 3.05) is 6.54 Å². The van der Waals surface area contributed by atoms with E-state index < -0.39 is 0 Å². The van der Waals surface area contributed by atoms with E-state index in [2.05, 4.69) is 6.07 Å². The van der Waals surface area contributed by atoms with E-state index in [1.807, 2.05) is 31.2 Å². The van der Waals surface area contributed by atoms with Crippen LogP contribution >= 0.6 is 0 Å². The molecule has 0 aliphatic rings. The number of nitrogens with two attached hydrogens (primary N) is 1. The summed E-state index contributed by atoms with van der Waals surface area (Å²) in [4.78, 5) is 0. The van der Waals surface area contributed by atoms with Gasteiger partial charge in [-0.15, -0.1) is 0 Å². The minimum Gasteiger partial charge on any atom is -0.484 e. The molecule has 2 aromatic carbocycles. The molecule has 0 saturated carbocycles. The van der Waals surface area contributed by atoms with Gasteiger partial charge in [0.2, 0.25) is 0 Å². The molecule has 0 aliphatic heterocycles. The zero-order valence-electron chi connectivity index (χ0n) is 10.8. The molecule has 96 valence electrons. The molecule has 2 aromatic rings. The maximum Gasteiger partial charge on any atom is 0.136 e. The molecular weight excluding hydrogens is 236 g/mol. The van der Waals surface area contributed by atoms with E-state index in [0.717, 1.165) is 16.9 Å². The summed E-state index contributed by atoms with van der Waals surface area (Å²) >= 11 is 0. The molecular formula is C16H16N2O. The average molecular weight is 252 g/mol. The predicted molar refractivity (Wildman–Crippen MR) is 74.8 cm³/mol. The molecule has 1 atom stereocenters. The molecule has 0 saturated heterocycles. The molecule has 2 rings (SSSR count). The van der Waals surface area contributed by atoms with Crippen molar-refractivity contribution in [3.63, 3.8) is 0 Å². The van der Waals surface area contributed by atoms with Gasteiger partial charge in [0.25, 0.3) is 0 Å². The van der Waals surface area contributed by atoms with Crippen LogP contribution in [0.4, 0.5) is 0 Å². The number of rotatable bonds is 4. The second-order valence-electron chi connectivity index (χ2n) is 4.33. The molecule has 0 spiro atoms. The zero-order chi connectivity index (χ0) is 13.7. The summed E-state index contributed by atoms with van der Waals surface area (Å²) in [5.41, 5.74) is 8.67. The molecule has 3 nitrogen and oxygen atoms in total. The van der Waals surface area contributed by atoms with Crippen molar-refractivity contribution in [1.82, 2.24) is 0 Å². The van der Waals surface area contributed by atoms with Crippen LogP contribution in [0.2, 0.25) is 0 Å². The van der Waals surface area contributed by atoms with Crippen LogP contribution in [-0.4, -0.2) is 6.54 Å². The van der Waals surface area contributed by atoms with E-state index >= 15 is 0 Å². The van der Waals surface area contributed by atoms with Gasteiger partial charge in [0.05, 0.1) is 11.6 Å². The summed E-state index contributed by atoms with van der Waals surface area (Å²) in [6, 6.07) is 17.2. The quantitative estimate of drug-likeness (QED) is 0.910. The third kappa shape index (κ3) is 3.12. The van der Waals surface area contributed by atoms with Gasteiger partial charge in [-0.05, 0) is 42.3 Å². The van der Waals surface area contributed by atoms with Crippen LogP contribution < -0.4 is 10.5 Å². The summed E-state index contributed by atoms with van der Waals surface area (Å²) in [5, 5.41) is 8.76. The van der Waals surface area contributed by atoms with Gasteiger partial charge in [0.1, 0.15) is 11.9 Å². The lowest BCUT2D eigenvalue weighted by molar-refractivity contribution is 0.213. The van der Waals surface area contributed by atoms with Gasteiger partial charge in [-0.2, -0.15) is 5.26 Å². The number of benzene rings is 2. The summed E-state index contributed by atoms with van der Waals surface area (Å²) in [6.45, 7) is 2.45. The van der Waals surface area contributed by atoms with Gasteiger partial charge in [-0.25, -0.2) is 0 Å². The lowest BCUT2D eigenvalue weighted by Gasteiger charge is -2.19. The highest BCUT2D eigenvalue weighted by molar-refractivity contribution is 5.35. The molecule has 3 heteroatoms. The first kappa shape index (κ1) is 13.1. The van der Waals surface area contributed by atoms with Crippen LogP contribution in [-0.2, 0) is 0 Å². The summed E-state index contributed by atoms with van der Waals surface area (Å²) in [5.74, 6) is 0.720. The zero-order valence-corrected chi connectivity index (χ0v) is 10.8. The third-order valence-electron chi connectivity index (χ3n) is 3.01. The third-order valence-corrected chi connectivity index (χ3v) is 3.01. The first-order valence-corrected chi connectivity index (χ1v) is 6.17. The number of hydrogen-bond donors (Lipinski definition) is 1. The van der Waals surface area contributed by atoms with Gasteiger partial charge >= 0.3 is 0 Å². The molecule has 19 heavy (non-hydrogen) atoms. The Labute approximate surface area is 113 Å². The Kier molecular flexibility index (Phi) is 4.17. The second kappa shape index (κ2) is 6.03. The lowest BCUT2D eigenvalue weighted by Crippen LogP contribution is -2.19. The Morgan fingerprint density at radius 2 is 1.84 bits per heavy atom. The molecule has 0 heterocycles. The molecule has 0 amide bonds. The van der Waals surface area contributed by atoms with Crippen molar-refractivity contribution >= 4 is 0 Å². The van der Waals surface area contributed by atoms with Crippen molar-refractivity contribution in [3.05, 3.63) is 65.2 Å². The van der Waals surface area contributed by atoms with Crippen LogP contribution in [0.15, 0.2) is 48.5 Å². The van der Waals surface area contributed by atoms with E-state index in [-0.39, 0.29) is 6.10 Å². The predicted octanol–water partition coefficient (Wildman–Crippen LogP) is 2.95. The van der Waals surface area contributed by atoms with Gasteiger partial charge in [0.15, 0.2) is 0 Å². The smallest absolute Gasteiger partial charge is 0.136 e. The molecule has 0 aliphatic carbocycles.